The summed E-state index contributed by atoms with van der Waals surface area (Å²) in [5.41, 5.74) is 9.10. The van der Waals surface area contributed by atoms with E-state index >= 15 is 0 Å². The van der Waals surface area contributed by atoms with E-state index in [-0.39, 0.29) is 41.9 Å². The van der Waals surface area contributed by atoms with Crippen molar-refractivity contribution >= 4 is 55.9 Å². The molecule has 3 heteroatoms. The SMILES string of the molecule is [2H]c1c([2H])c([2H])c(N2c3cccc(c3)-c3cccc(c3)N(c3ccc4c5c([2H])c([2H])c([2H])c([2H])c5n(-c5ccccc5)c4c3)c3cccc(c3)-c3cccc2c3)c([2H])c1[2H]. The van der Waals surface area contributed by atoms with Crippen molar-refractivity contribution in [3.05, 3.63) is 200 Å². The Morgan fingerprint density at radius 2 is 0.784 bits per heavy atom. The molecule has 9 aromatic rings. The van der Waals surface area contributed by atoms with Crippen molar-refractivity contribution in [3.8, 4) is 27.9 Å². The Morgan fingerprint density at radius 3 is 1.35 bits per heavy atom. The minimum atomic E-state index is -0.455. The van der Waals surface area contributed by atoms with Crippen LogP contribution in [-0.4, -0.2) is 4.57 Å². The maximum absolute atomic E-state index is 9.03. The van der Waals surface area contributed by atoms with Crippen molar-refractivity contribution in [2.45, 2.75) is 0 Å². The molecule has 1 aromatic heterocycles. The van der Waals surface area contributed by atoms with E-state index in [2.05, 4.69) is 17.0 Å². The predicted octanol–water partition coefficient (Wildman–Crippen LogP) is 13.4. The summed E-state index contributed by atoms with van der Waals surface area (Å²) in [6.07, 6.45) is 0. The molecule has 0 fully saturated rings. The van der Waals surface area contributed by atoms with Gasteiger partial charge >= 0.3 is 0 Å². The summed E-state index contributed by atoms with van der Waals surface area (Å²) in [4.78, 5) is 3.89. The fourth-order valence-electron chi connectivity index (χ4n) is 7.20. The van der Waals surface area contributed by atoms with Gasteiger partial charge in [0, 0.05) is 50.6 Å². The van der Waals surface area contributed by atoms with Gasteiger partial charge in [-0.3, -0.25) is 0 Å². The summed E-state index contributed by atoms with van der Waals surface area (Å²) in [7, 11) is 0. The third-order valence-electron chi connectivity index (χ3n) is 9.45. The number of benzene rings is 8. The molecule has 0 N–H and O–H groups in total. The molecule has 0 unspecified atom stereocenters. The summed E-state index contributed by atoms with van der Waals surface area (Å²) >= 11 is 0. The van der Waals surface area contributed by atoms with Crippen LogP contribution in [0.5, 0.6) is 0 Å². The van der Waals surface area contributed by atoms with Gasteiger partial charge in [0.15, 0.2) is 0 Å². The Hall–Kier alpha value is -6.84. The molecule has 0 aliphatic carbocycles. The normalized spacial score (nSPS) is 14.7. The molecule has 1 aliphatic heterocycles. The Balaban J connectivity index is 1.24. The van der Waals surface area contributed by atoms with Crippen molar-refractivity contribution < 1.29 is 12.3 Å². The molecule has 240 valence electrons. The zero-order valence-corrected chi connectivity index (χ0v) is 27.2. The van der Waals surface area contributed by atoms with Crippen LogP contribution >= 0.6 is 0 Å². The highest BCUT2D eigenvalue weighted by atomic mass is 15.1. The highest BCUT2D eigenvalue weighted by molar-refractivity contribution is 6.10. The molecule has 10 rings (SSSR count). The maximum Gasteiger partial charge on any atom is 0.0645 e. The quantitative estimate of drug-likeness (QED) is 0.187. The number of anilines is 6. The van der Waals surface area contributed by atoms with Gasteiger partial charge in [0.2, 0.25) is 0 Å². The van der Waals surface area contributed by atoms with Gasteiger partial charge in [-0.2, -0.15) is 0 Å². The van der Waals surface area contributed by atoms with E-state index in [1.807, 2.05) is 138 Å². The van der Waals surface area contributed by atoms with Crippen LogP contribution < -0.4 is 9.80 Å². The van der Waals surface area contributed by atoms with E-state index in [0.717, 1.165) is 50.5 Å². The summed E-state index contributed by atoms with van der Waals surface area (Å²) in [5.74, 6) is 0. The fraction of sp³-hybridized carbons (Fsp3) is 0. The fourth-order valence-corrected chi connectivity index (χ4v) is 7.20. The number of nitrogens with zero attached hydrogens (tertiary/aromatic N) is 3. The minimum absolute atomic E-state index is 0.0485. The lowest BCUT2D eigenvalue weighted by atomic mass is 10.00. The van der Waals surface area contributed by atoms with Crippen LogP contribution in [0.3, 0.4) is 0 Å². The molecule has 2 heterocycles. The monoisotopic (exact) mass is 660 g/mol. The van der Waals surface area contributed by atoms with Crippen LogP contribution in [0.15, 0.2) is 200 Å². The van der Waals surface area contributed by atoms with Crippen molar-refractivity contribution in [2.24, 2.45) is 0 Å². The lowest BCUT2D eigenvalue weighted by molar-refractivity contribution is 1.18. The van der Waals surface area contributed by atoms with Gasteiger partial charge in [0.1, 0.15) is 0 Å². The summed E-state index contributed by atoms with van der Waals surface area (Å²) in [5, 5.41) is 1.15. The molecule has 3 nitrogen and oxygen atoms in total. The van der Waals surface area contributed by atoms with E-state index in [0.29, 0.717) is 27.7 Å². The van der Waals surface area contributed by atoms with Gasteiger partial charge in [0.05, 0.1) is 23.4 Å². The second-order valence-electron chi connectivity index (χ2n) is 12.4. The number of hydrogen-bond acceptors (Lipinski definition) is 2. The lowest BCUT2D eigenvalue weighted by Crippen LogP contribution is -2.11. The molecular formula is C48H33N3. The second kappa shape index (κ2) is 11.9. The van der Waals surface area contributed by atoms with Gasteiger partial charge in [-0.15, -0.1) is 0 Å². The highest BCUT2D eigenvalue weighted by Gasteiger charge is 2.20. The molecule has 8 aromatic carbocycles. The van der Waals surface area contributed by atoms with Crippen LogP contribution in [0.1, 0.15) is 12.3 Å². The number of hydrogen-bond donors (Lipinski definition) is 0. The molecule has 0 spiro atoms. The van der Waals surface area contributed by atoms with E-state index < -0.39 is 18.1 Å². The third kappa shape index (κ3) is 4.98. The van der Waals surface area contributed by atoms with Crippen LogP contribution in [0.2, 0.25) is 0 Å². The average Bonchev–Trinajstić information content (AvgIpc) is 3.63. The van der Waals surface area contributed by atoms with Crippen LogP contribution in [-0.2, 0) is 0 Å². The van der Waals surface area contributed by atoms with E-state index in [4.69, 9.17) is 12.3 Å². The number of para-hydroxylation sites is 3. The van der Waals surface area contributed by atoms with E-state index in [1.54, 1.807) is 4.90 Å². The summed E-state index contributed by atoms with van der Waals surface area (Å²) in [6.45, 7) is 0. The number of rotatable bonds is 3. The summed E-state index contributed by atoms with van der Waals surface area (Å²) in [6, 6.07) is 44.6. The van der Waals surface area contributed by atoms with Crippen molar-refractivity contribution in [1.82, 2.24) is 4.57 Å². The first kappa shape index (κ1) is 21.3. The van der Waals surface area contributed by atoms with E-state index in [9.17, 15) is 0 Å². The first-order chi connectivity index (χ1) is 29.0. The van der Waals surface area contributed by atoms with Crippen LogP contribution in [0.25, 0.3) is 49.7 Å². The molecule has 0 radical (unpaired) electrons. The van der Waals surface area contributed by atoms with Gasteiger partial charge in [-0.25, -0.2) is 0 Å². The molecule has 0 saturated carbocycles. The van der Waals surface area contributed by atoms with Gasteiger partial charge in [0.25, 0.3) is 0 Å². The average molecular weight is 661 g/mol. The molecule has 0 atom stereocenters. The Kier molecular flexibility index (Phi) is 4.98. The Morgan fingerprint density at radius 1 is 0.314 bits per heavy atom. The zero-order valence-electron chi connectivity index (χ0n) is 36.2. The molecule has 51 heavy (non-hydrogen) atoms. The van der Waals surface area contributed by atoms with Crippen molar-refractivity contribution in [1.29, 1.82) is 0 Å². The molecule has 8 bridgehead atoms. The summed E-state index contributed by atoms with van der Waals surface area (Å²) < 4.78 is 80.3. The maximum atomic E-state index is 9.03. The largest absolute Gasteiger partial charge is 0.310 e. The zero-order chi connectivity index (χ0) is 41.6. The lowest BCUT2D eigenvalue weighted by Gasteiger charge is -2.28. The predicted molar refractivity (Wildman–Crippen MR) is 215 cm³/mol. The van der Waals surface area contributed by atoms with Gasteiger partial charge in [-0.05, 0) is 113 Å². The van der Waals surface area contributed by atoms with E-state index in [1.165, 1.54) is 0 Å². The Labute approximate surface area is 310 Å². The van der Waals surface area contributed by atoms with Crippen LogP contribution in [0, 0.1) is 0 Å². The van der Waals surface area contributed by atoms with Gasteiger partial charge < -0.3 is 14.4 Å². The molecule has 0 amide bonds. The molecule has 1 aliphatic rings. The van der Waals surface area contributed by atoms with Crippen molar-refractivity contribution in [3.63, 3.8) is 0 Å². The number of fused-ring (bicyclic) bond motifs is 13. The molecular weight excluding hydrogens is 619 g/mol. The first-order valence-electron chi connectivity index (χ1n) is 21.2. The standard InChI is InChI=1S/C48H33N3/c1-3-17-38(18-4-1)49-40-21-9-13-34(29-40)36-15-11-23-42(31-36)50(43-24-12-16-37(32-43)35-14-10-22-41(49)30-35)44-27-28-46-45-25-7-8-26-47(45)51(48(46)33-44)39-19-5-2-6-20-39/h1-33H/i1D,3D,4D,7D,8D,17D,18D,25D,26D. The van der Waals surface area contributed by atoms with Gasteiger partial charge in [-0.1, -0.05) is 109 Å². The number of aromatic nitrogens is 1. The van der Waals surface area contributed by atoms with Crippen LogP contribution in [0.4, 0.5) is 34.1 Å². The topological polar surface area (TPSA) is 11.4 Å². The Bertz CT molecular complexity index is 3120. The van der Waals surface area contributed by atoms with Crippen molar-refractivity contribution in [2.75, 3.05) is 9.80 Å². The first-order valence-corrected chi connectivity index (χ1v) is 16.7. The minimum Gasteiger partial charge on any atom is -0.310 e. The molecule has 0 saturated heterocycles. The highest BCUT2D eigenvalue weighted by Crippen LogP contribution is 2.43. The smallest absolute Gasteiger partial charge is 0.0645 e. The second-order valence-corrected chi connectivity index (χ2v) is 12.4. The third-order valence-corrected chi connectivity index (χ3v) is 9.45.